The van der Waals surface area contributed by atoms with Crippen LogP contribution in [0.15, 0.2) is 43.1 Å². The highest BCUT2D eigenvalue weighted by Crippen LogP contribution is 2.30. The maximum Gasteiger partial charge on any atom is 0.296 e. The predicted octanol–water partition coefficient (Wildman–Crippen LogP) is 4.63. The van der Waals surface area contributed by atoms with Crippen LogP contribution in [0.25, 0.3) is 11.0 Å². The average molecular weight is 484 g/mol. The van der Waals surface area contributed by atoms with E-state index < -0.39 is 11.7 Å². The molecule has 0 bridgehead atoms. The van der Waals surface area contributed by atoms with E-state index >= 15 is 0 Å². The first kappa shape index (κ1) is 22.7. The number of anilines is 1. The smallest absolute Gasteiger partial charge is 0.296 e. The van der Waals surface area contributed by atoms with Gasteiger partial charge in [0.1, 0.15) is 11.4 Å². The molecule has 0 saturated heterocycles. The fraction of sp³-hybridized carbons (Fsp3) is 0.174. The third-order valence-electron chi connectivity index (χ3n) is 5.25. The second-order valence-corrected chi connectivity index (χ2v) is 8.17. The Kier molecular flexibility index (Phi) is 6.31. The van der Waals surface area contributed by atoms with Crippen molar-refractivity contribution in [3.63, 3.8) is 0 Å². The van der Waals surface area contributed by atoms with Gasteiger partial charge in [-0.2, -0.15) is 0 Å². The summed E-state index contributed by atoms with van der Waals surface area (Å²) in [7, 11) is 1.61. The molecular formula is C23H19Cl2N5O3. The molecule has 0 aliphatic heterocycles. The lowest BCUT2D eigenvalue weighted by molar-refractivity contribution is -0.112. The molecule has 0 fully saturated rings. The number of ether oxygens (including phenoxy) is 1. The van der Waals surface area contributed by atoms with Crippen LogP contribution in [-0.2, 0) is 11.3 Å². The van der Waals surface area contributed by atoms with Crippen molar-refractivity contribution >= 4 is 51.6 Å². The number of aromatic nitrogens is 4. The molecule has 1 N–H and O–H groups in total. The highest BCUT2D eigenvalue weighted by molar-refractivity contribution is 6.50. The number of nitrogens with zero attached hydrogens (tertiary/aromatic N) is 4. The van der Waals surface area contributed by atoms with Crippen molar-refractivity contribution in [3.8, 4) is 5.75 Å². The molecular weight excluding hydrogens is 465 g/mol. The van der Waals surface area contributed by atoms with Crippen LogP contribution in [0.3, 0.4) is 0 Å². The zero-order chi connectivity index (χ0) is 23.7. The van der Waals surface area contributed by atoms with Crippen LogP contribution in [-0.4, -0.2) is 38.3 Å². The second kappa shape index (κ2) is 9.17. The summed E-state index contributed by atoms with van der Waals surface area (Å²) in [5, 5.41) is 3.28. The number of Topliss-reactive ketones (excluding diaryl/α,β-unsaturated/α-hetero) is 1. The summed E-state index contributed by atoms with van der Waals surface area (Å²) < 4.78 is 7.28. The Bertz CT molecular complexity index is 1380. The van der Waals surface area contributed by atoms with Gasteiger partial charge in [-0.05, 0) is 26.0 Å². The molecule has 33 heavy (non-hydrogen) atoms. The quantitative estimate of drug-likeness (QED) is 0.317. The number of ketones is 1. The molecule has 168 valence electrons. The number of carbonyl (C=O) groups is 2. The molecule has 0 aliphatic carbocycles. The molecule has 0 radical (unpaired) electrons. The summed E-state index contributed by atoms with van der Waals surface area (Å²) in [5.41, 5.74) is 3.46. The molecule has 1 amide bonds. The maximum atomic E-state index is 13.1. The number of pyridine rings is 3. The monoisotopic (exact) mass is 483 g/mol. The van der Waals surface area contributed by atoms with Gasteiger partial charge in [0, 0.05) is 47.5 Å². The first-order chi connectivity index (χ1) is 15.8. The first-order valence-corrected chi connectivity index (χ1v) is 10.6. The van der Waals surface area contributed by atoms with E-state index in [0.717, 1.165) is 22.6 Å². The fourth-order valence-electron chi connectivity index (χ4n) is 3.64. The summed E-state index contributed by atoms with van der Waals surface area (Å²) in [6.07, 6.45) is 7.62. The van der Waals surface area contributed by atoms with Gasteiger partial charge in [0.15, 0.2) is 0 Å². The van der Waals surface area contributed by atoms with Crippen LogP contribution >= 0.6 is 23.2 Å². The molecule has 4 aromatic heterocycles. The van der Waals surface area contributed by atoms with Gasteiger partial charge in [0.2, 0.25) is 0 Å². The van der Waals surface area contributed by atoms with Crippen molar-refractivity contribution < 1.29 is 14.3 Å². The Balaban J connectivity index is 1.71. The van der Waals surface area contributed by atoms with E-state index in [4.69, 9.17) is 27.9 Å². The predicted molar refractivity (Wildman–Crippen MR) is 126 cm³/mol. The van der Waals surface area contributed by atoms with Gasteiger partial charge >= 0.3 is 0 Å². The number of fused-ring (bicyclic) bond motifs is 1. The van der Waals surface area contributed by atoms with E-state index in [0.29, 0.717) is 17.6 Å². The molecule has 4 aromatic rings. The highest BCUT2D eigenvalue weighted by atomic mass is 35.5. The molecule has 4 rings (SSSR count). The Hall–Kier alpha value is -3.49. The largest absolute Gasteiger partial charge is 0.496 e. The van der Waals surface area contributed by atoms with E-state index in [-0.39, 0.29) is 21.3 Å². The van der Waals surface area contributed by atoms with Crippen LogP contribution in [0, 0.1) is 13.8 Å². The van der Waals surface area contributed by atoms with Crippen molar-refractivity contribution in [2.24, 2.45) is 0 Å². The minimum Gasteiger partial charge on any atom is -0.496 e. The summed E-state index contributed by atoms with van der Waals surface area (Å²) in [6, 6.07) is 3.44. The minimum absolute atomic E-state index is 0.125. The van der Waals surface area contributed by atoms with Gasteiger partial charge in [-0.25, -0.2) is 4.98 Å². The number of halogens is 2. The standard InChI is InChI=1S/C23H19Cl2N5O3/c1-12-7-28-18(13(2)21(12)33-3)11-30-10-15(14-5-4-6-27-22(14)30)20(31)23(32)29-19-16(24)8-26-9-17(19)25/h4-10H,11H2,1-3H3,(H,26,29,32). The van der Waals surface area contributed by atoms with E-state index in [1.165, 1.54) is 12.4 Å². The van der Waals surface area contributed by atoms with Crippen LogP contribution in [0.2, 0.25) is 10.0 Å². The molecule has 0 unspecified atom stereocenters. The molecule has 10 heteroatoms. The number of carbonyl (C=O) groups excluding carboxylic acids is 2. The van der Waals surface area contributed by atoms with Crippen molar-refractivity contribution in [2.45, 2.75) is 20.4 Å². The van der Waals surface area contributed by atoms with Crippen LogP contribution < -0.4 is 10.1 Å². The van der Waals surface area contributed by atoms with Gasteiger partial charge in [-0.3, -0.25) is 19.6 Å². The normalized spacial score (nSPS) is 10.9. The summed E-state index contributed by atoms with van der Waals surface area (Å²) in [4.78, 5) is 38.6. The third kappa shape index (κ3) is 4.27. The van der Waals surface area contributed by atoms with Gasteiger partial charge in [-0.15, -0.1) is 0 Å². The Morgan fingerprint density at radius 1 is 1.12 bits per heavy atom. The number of aryl methyl sites for hydroxylation is 1. The van der Waals surface area contributed by atoms with E-state index in [1.807, 2.05) is 13.8 Å². The maximum absolute atomic E-state index is 13.1. The topological polar surface area (TPSA) is 99.0 Å². The van der Waals surface area contributed by atoms with Crippen LogP contribution in [0.4, 0.5) is 5.69 Å². The molecule has 0 saturated carbocycles. The lowest BCUT2D eigenvalue weighted by Gasteiger charge is -2.13. The molecule has 0 atom stereocenters. The van der Waals surface area contributed by atoms with E-state index in [9.17, 15) is 9.59 Å². The first-order valence-electron chi connectivity index (χ1n) is 9.89. The van der Waals surface area contributed by atoms with E-state index in [1.54, 1.807) is 42.4 Å². The number of rotatable bonds is 6. The van der Waals surface area contributed by atoms with Crippen LogP contribution in [0.1, 0.15) is 27.2 Å². The summed E-state index contributed by atoms with van der Waals surface area (Å²) in [5.74, 6) is -0.868. The number of nitrogens with one attached hydrogen (secondary N) is 1. The zero-order valence-electron chi connectivity index (χ0n) is 18.0. The Labute approximate surface area is 199 Å². The zero-order valence-corrected chi connectivity index (χ0v) is 19.5. The van der Waals surface area contributed by atoms with Gasteiger partial charge in [0.25, 0.3) is 11.7 Å². The number of methoxy groups -OCH3 is 1. The number of amides is 1. The lowest BCUT2D eigenvalue weighted by atomic mass is 10.1. The van der Waals surface area contributed by atoms with Gasteiger partial charge < -0.3 is 14.6 Å². The number of hydrogen-bond acceptors (Lipinski definition) is 6. The van der Waals surface area contributed by atoms with Crippen molar-refractivity contribution in [1.82, 2.24) is 19.5 Å². The average Bonchev–Trinajstić information content (AvgIpc) is 3.16. The highest BCUT2D eigenvalue weighted by Gasteiger charge is 2.24. The Morgan fingerprint density at radius 3 is 2.55 bits per heavy atom. The molecule has 0 aromatic carbocycles. The summed E-state index contributed by atoms with van der Waals surface area (Å²) >= 11 is 12.1. The molecule has 0 aliphatic rings. The third-order valence-corrected chi connectivity index (χ3v) is 5.82. The number of hydrogen-bond donors (Lipinski definition) is 1. The van der Waals surface area contributed by atoms with Crippen molar-refractivity contribution in [1.29, 1.82) is 0 Å². The minimum atomic E-state index is -0.876. The van der Waals surface area contributed by atoms with E-state index in [2.05, 4.69) is 20.3 Å². The molecule has 4 heterocycles. The molecule has 0 spiro atoms. The van der Waals surface area contributed by atoms with Crippen molar-refractivity contribution in [3.05, 3.63) is 75.5 Å². The Morgan fingerprint density at radius 2 is 1.85 bits per heavy atom. The fourth-order valence-corrected chi connectivity index (χ4v) is 4.10. The lowest BCUT2D eigenvalue weighted by Crippen LogP contribution is -2.23. The van der Waals surface area contributed by atoms with Crippen LogP contribution in [0.5, 0.6) is 5.75 Å². The SMILES string of the molecule is COc1c(C)cnc(Cn2cc(C(=O)C(=O)Nc3c(Cl)cncc3Cl)c3cccnc32)c1C. The van der Waals surface area contributed by atoms with Crippen molar-refractivity contribution in [2.75, 3.05) is 12.4 Å². The molecule has 8 nitrogen and oxygen atoms in total. The summed E-state index contributed by atoms with van der Waals surface area (Å²) in [6.45, 7) is 4.19. The van der Waals surface area contributed by atoms with Gasteiger partial charge in [0.05, 0.1) is 40.6 Å². The second-order valence-electron chi connectivity index (χ2n) is 7.35. The van der Waals surface area contributed by atoms with Gasteiger partial charge in [-0.1, -0.05) is 23.2 Å².